The Bertz CT molecular complexity index is 519. The van der Waals surface area contributed by atoms with Crippen LogP contribution in [0.25, 0.3) is 0 Å². The standard InChI is InChI=1S/C20H31N3O/c24-20(22-11-1-2-12-23-13-3-4-14-23)18-8-5-7-17(15-18)19-9-6-10-21-16-19/h5,7-8,15,19,21H,1-4,6,9-14,16H2,(H,22,24). The highest BCUT2D eigenvalue weighted by atomic mass is 16.1. The first-order valence-electron chi connectivity index (χ1n) is 9.64. The second-order valence-electron chi connectivity index (χ2n) is 7.18. The van der Waals surface area contributed by atoms with Crippen molar-refractivity contribution in [3.63, 3.8) is 0 Å². The number of carbonyl (C=O) groups excluding carboxylic acids is 1. The van der Waals surface area contributed by atoms with E-state index in [-0.39, 0.29) is 5.91 Å². The van der Waals surface area contributed by atoms with Gasteiger partial charge in [-0.3, -0.25) is 4.79 Å². The molecule has 1 aromatic rings. The minimum atomic E-state index is 0.0711. The van der Waals surface area contributed by atoms with Gasteiger partial charge in [-0.15, -0.1) is 0 Å². The van der Waals surface area contributed by atoms with Crippen molar-refractivity contribution in [2.75, 3.05) is 39.3 Å². The first kappa shape index (κ1) is 17.4. The third-order valence-electron chi connectivity index (χ3n) is 5.30. The van der Waals surface area contributed by atoms with Crippen LogP contribution in [0.3, 0.4) is 0 Å². The summed E-state index contributed by atoms with van der Waals surface area (Å²) in [5.41, 5.74) is 2.10. The van der Waals surface area contributed by atoms with Gasteiger partial charge in [0.05, 0.1) is 0 Å². The van der Waals surface area contributed by atoms with Crippen molar-refractivity contribution >= 4 is 5.91 Å². The molecule has 0 aromatic heterocycles. The first-order valence-corrected chi connectivity index (χ1v) is 9.64. The second kappa shape index (κ2) is 9.19. The topological polar surface area (TPSA) is 44.4 Å². The van der Waals surface area contributed by atoms with Gasteiger partial charge in [0.25, 0.3) is 5.91 Å². The Hall–Kier alpha value is -1.39. The summed E-state index contributed by atoms with van der Waals surface area (Å²) in [4.78, 5) is 14.9. The number of piperidine rings is 1. The number of hydrogen-bond acceptors (Lipinski definition) is 3. The number of benzene rings is 1. The van der Waals surface area contributed by atoms with Crippen LogP contribution in [0, 0.1) is 0 Å². The Morgan fingerprint density at radius 1 is 1.21 bits per heavy atom. The van der Waals surface area contributed by atoms with E-state index in [9.17, 15) is 4.79 Å². The van der Waals surface area contributed by atoms with Gasteiger partial charge < -0.3 is 15.5 Å². The molecule has 0 radical (unpaired) electrons. The van der Waals surface area contributed by atoms with E-state index < -0.39 is 0 Å². The van der Waals surface area contributed by atoms with Crippen LogP contribution < -0.4 is 10.6 Å². The highest BCUT2D eigenvalue weighted by Crippen LogP contribution is 2.23. The normalized spacial score (nSPS) is 21.8. The highest BCUT2D eigenvalue weighted by molar-refractivity contribution is 5.94. The van der Waals surface area contributed by atoms with E-state index in [2.05, 4.69) is 27.7 Å². The number of nitrogens with one attached hydrogen (secondary N) is 2. The number of likely N-dealkylation sites (tertiary alicyclic amines) is 1. The summed E-state index contributed by atoms with van der Waals surface area (Å²) < 4.78 is 0. The van der Waals surface area contributed by atoms with Gasteiger partial charge in [-0.25, -0.2) is 0 Å². The Balaban J connectivity index is 1.41. The van der Waals surface area contributed by atoms with Crippen LogP contribution in [0.5, 0.6) is 0 Å². The van der Waals surface area contributed by atoms with Gasteiger partial charge in [0, 0.05) is 18.7 Å². The molecule has 1 amide bonds. The van der Waals surface area contributed by atoms with Gasteiger partial charge >= 0.3 is 0 Å². The number of nitrogens with zero attached hydrogens (tertiary/aromatic N) is 1. The maximum absolute atomic E-state index is 12.4. The fourth-order valence-electron chi connectivity index (χ4n) is 3.84. The van der Waals surface area contributed by atoms with Crippen molar-refractivity contribution in [1.82, 2.24) is 15.5 Å². The summed E-state index contributed by atoms with van der Waals surface area (Å²) in [5, 5.41) is 6.53. The molecule has 1 aromatic carbocycles. The fourth-order valence-corrected chi connectivity index (χ4v) is 3.84. The van der Waals surface area contributed by atoms with Crippen molar-refractivity contribution in [2.45, 2.75) is 44.4 Å². The first-order chi connectivity index (χ1) is 11.8. The lowest BCUT2D eigenvalue weighted by Crippen LogP contribution is -2.29. The second-order valence-corrected chi connectivity index (χ2v) is 7.18. The van der Waals surface area contributed by atoms with Crippen LogP contribution in [0.4, 0.5) is 0 Å². The van der Waals surface area contributed by atoms with Crippen LogP contribution in [0.1, 0.15) is 60.4 Å². The molecule has 3 rings (SSSR count). The average Bonchev–Trinajstić information content (AvgIpc) is 3.15. The van der Waals surface area contributed by atoms with Crippen molar-refractivity contribution < 1.29 is 4.79 Å². The Labute approximate surface area is 146 Å². The van der Waals surface area contributed by atoms with Gasteiger partial charge in [0.1, 0.15) is 0 Å². The molecule has 132 valence electrons. The predicted octanol–water partition coefficient (Wildman–Crippen LogP) is 2.76. The molecule has 2 N–H and O–H groups in total. The molecule has 1 unspecified atom stereocenters. The lowest BCUT2D eigenvalue weighted by atomic mass is 9.90. The van der Waals surface area contributed by atoms with Gasteiger partial charge in [0.2, 0.25) is 0 Å². The van der Waals surface area contributed by atoms with E-state index in [0.29, 0.717) is 5.92 Å². The monoisotopic (exact) mass is 329 g/mol. The van der Waals surface area contributed by atoms with Gasteiger partial charge in [0.15, 0.2) is 0 Å². The average molecular weight is 329 g/mol. The maximum Gasteiger partial charge on any atom is 0.251 e. The highest BCUT2D eigenvalue weighted by Gasteiger charge is 2.16. The van der Waals surface area contributed by atoms with Gasteiger partial charge in [-0.05, 0) is 88.3 Å². The Kier molecular flexibility index (Phi) is 6.67. The smallest absolute Gasteiger partial charge is 0.251 e. The van der Waals surface area contributed by atoms with Crippen LogP contribution in [-0.4, -0.2) is 50.1 Å². The molecule has 4 heteroatoms. The number of unbranched alkanes of at least 4 members (excludes halogenated alkanes) is 1. The zero-order valence-electron chi connectivity index (χ0n) is 14.7. The Morgan fingerprint density at radius 2 is 2.08 bits per heavy atom. The maximum atomic E-state index is 12.4. The van der Waals surface area contributed by atoms with E-state index in [1.54, 1.807) is 0 Å². The minimum absolute atomic E-state index is 0.0711. The number of amides is 1. The molecule has 2 aliphatic rings. The van der Waals surface area contributed by atoms with Crippen LogP contribution in [-0.2, 0) is 0 Å². The molecule has 4 nitrogen and oxygen atoms in total. The van der Waals surface area contributed by atoms with E-state index in [0.717, 1.165) is 31.6 Å². The molecule has 2 heterocycles. The summed E-state index contributed by atoms with van der Waals surface area (Å²) in [7, 11) is 0. The van der Waals surface area contributed by atoms with E-state index >= 15 is 0 Å². The lowest BCUT2D eigenvalue weighted by molar-refractivity contribution is 0.0952. The van der Waals surface area contributed by atoms with Gasteiger partial charge in [-0.2, -0.15) is 0 Å². The van der Waals surface area contributed by atoms with Crippen molar-refractivity contribution in [1.29, 1.82) is 0 Å². The molecule has 0 aliphatic carbocycles. The van der Waals surface area contributed by atoms with E-state index in [1.165, 1.54) is 57.3 Å². The quantitative estimate of drug-likeness (QED) is 0.756. The number of rotatable bonds is 7. The van der Waals surface area contributed by atoms with Crippen molar-refractivity contribution in [3.8, 4) is 0 Å². The summed E-state index contributed by atoms with van der Waals surface area (Å²) in [6.45, 7) is 6.63. The molecular formula is C20H31N3O. The lowest BCUT2D eigenvalue weighted by Gasteiger charge is -2.23. The summed E-state index contributed by atoms with van der Waals surface area (Å²) in [5.74, 6) is 0.619. The summed E-state index contributed by atoms with van der Waals surface area (Å²) in [6, 6.07) is 8.19. The van der Waals surface area contributed by atoms with Crippen LogP contribution in [0.2, 0.25) is 0 Å². The molecular weight excluding hydrogens is 298 g/mol. The van der Waals surface area contributed by atoms with Crippen molar-refractivity contribution in [2.24, 2.45) is 0 Å². The fraction of sp³-hybridized carbons (Fsp3) is 0.650. The zero-order chi connectivity index (χ0) is 16.6. The van der Waals surface area contributed by atoms with E-state index in [1.807, 2.05) is 12.1 Å². The molecule has 24 heavy (non-hydrogen) atoms. The minimum Gasteiger partial charge on any atom is -0.352 e. The van der Waals surface area contributed by atoms with Crippen LogP contribution in [0.15, 0.2) is 24.3 Å². The largest absolute Gasteiger partial charge is 0.352 e. The van der Waals surface area contributed by atoms with Gasteiger partial charge in [-0.1, -0.05) is 12.1 Å². The SMILES string of the molecule is O=C(NCCCCN1CCCC1)c1cccc(C2CCCNC2)c1. The van der Waals surface area contributed by atoms with E-state index in [4.69, 9.17) is 0 Å². The molecule has 1 atom stereocenters. The van der Waals surface area contributed by atoms with Crippen molar-refractivity contribution in [3.05, 3.63) is 35.4 Å². The third-order valence-corrected chi connectivity index (χ3v) is 5.30. The number of hydrogen-bond donors (Lipinski definition) is 2. The molecule has 2 saturated heterocycles. The molecule has 0 spiro atoms. The number of carbonyl (C=O) groups is 1. The summed E-state index contributed by atoms with van der Waals surface area (Å²) in [6.07, 6.45) is 7.38. The summed E-state index contributed by atoms with van der Waals surface area (Å²) >= 11 is 0. The zero-order valence-corrected chi connectivity index (χ0v) is 14.7. The molecule has 0 saturated carbocycles. The third kappa shape index (κ3) is 5.05. The predicted molar refractivity (Wildman–Crippen MR) is 98.5 cm³/mol. The molecule has 0 bridgehead atoms. The molecule has 2 aliphatic heterocycles. The Morgan fingerprint density at radius 3 is 2.88 bits per heavy atom. The molecule has 2 fully saturated rings. The van der Waals surface area contributed by atoms with Crippen LogP contribution >= 0.6 is 0 Å².